The van der Waals surface area contributed by atoms with E-state index >= 15 is 0 Å². The molecule has 82 valence electrons. The summed E-state index contributed by atoms with van der Waals surface area (Å²) in [5, 5.41) is 18.5. The number of rotatable bonds is 3. The van der Waals surface area contributed by atoms with Crippen molar-refractivity contribution in [3.05, 3.63) is 23.0 Å². The molecule has 1 N–H and O–H groups in total. The van der Waals surface area contributed by atoms with Crippen molar-refractivity contribution in [2.45, 2.75) is 45.6 Å². The first-order chi connectivity index (χ1) is 7.08. The van der Waals surface area contributed by atoms with Crippen molar-refractivity contribution in [2.75, 3.05) is 0 Å². The lowest BCUT2D eigenvalue weighted by Gasteiger charge is -2.13. The Morgan fingerprint density at radius 2 is 2.20 bits per heavy atom. The molecular formula is C12H18N2O. The van der Waals surface area contributed by atoms with Crippen LogP contribution in [0.1, 0.15) is 43.1 Å². The fourth-order valence-electron chi connectivity index (χ4n) is 2.32. The van der Waals surface area contributed by atoms with Crippen LogP contribution in [0.4, 0.5) is 0 Å². The Morgan fingerprint density at radius 1 is 1.47 bits per heavy atom. The molecule has 1 saturated carbocycles. The molecule has 2 rings (SSSR count). The monoisotopic (exact) mass is 206 g/mol. The van der Waals surface area contributed by atoms with E-state index in [2.05, 4.69) is 17.1 Å². The first kappa shape index (κ1) is 10.6. The molecule has 1 aromatic rings. The Balaban J connectivity index is 2.27. The average molecular weight is 206 g/mol. The van der Waals surface area contributed by atoms with Gasteiger partial charge in [0.2, 0.25) is 0 Å². The minimum atomic E-state index is -0.610. The highest BCUT2D eigenvalue weighted by atomic mass is 16.3. The fourth-order valence-corrected chi connectivity index (χ4v) is 2.32. The maximum absolute atomic E-state index is 10.4. The van der Waals surface area contributed by atoms with Crippen LogP contribution in [0.15, 0.2) is 6.07 Å². The van der Waals surface area contributed by atoms with Gasteiger partial charge in [0.05, 0.1) is 17.0 Å². The van der Waals surface area contributed by atoms with Gasteiger partial charge in [-0.3, -0.25) is 0 Å². The molecule has 0 radical (unpaired) electrons. The smallest absolute Gasteiger partial charge is 0.0948 e. The van der Waals surface area contributed by atoms with Crippen LogP contribution < -0.4 is 0 Å². The van der Waals surface area contributed by atoms with Gasteiger partial charge in [-0.1, -0.05) is 13.3 Å². The van der Waals surface area contributed by atoms with E-state index in [4.69, 9.17) is 0 Å². The van der Waals surface area contributed by atoms with Gasteiger partial charge in [-0.2, -0.15) is 10.2 Å². The Bertz CT molecular complexity index is 378. The molecule has 2 unspecified atom stereocenters. The van der Waals surface area contributed by atoms with Crippen LogP contribution in [0.25, 0.3) is 0 Å². The van der Waals surface area contributed by atoms with Crippen LogP contribution in [0.2, 0.25) is 0 Å². The molecule has 0 amide bonds. The van der Waals surface area contributed by atoms with Gasteiger partial charge in [0.1, 0.15) is 0 Å². The zero-order chi connectivity index (χ0) is 11.1. The predicted molar refractivity (Wildman–Crippen MR) is 58.4 cm³/mol. The van der Waals surface area contributed by atoms with Crippen LogP contribution in [0, 0.1) is 19.8 Å². The standard InChI is InChI=1S/C12H18N2O/c1-4-5-10-7-12(10,15)11-6-8(2)13-14-9(11)3/h6,10,15H,4-5,7H2,1-3H3. The van der Waals surface area contributed by atoms with E-state index < -0.39 is 5.60 Å². The third kappa shape index (κ3) is 1.76. The summed E-state index contributed by atoms with van der Waals surface area (Å²) in [5.41, 5.74) is 2.11. The van der Waals surface area contributed by atoms with E-state index in [0.717, 1.165) is 36.2 Å². The Morgan fingerprint density at radius 3 is 2.87 bits per heavy atom. The van der Waals surface area contributed by atoms with Crippen molar-refractivity contribution in [2.24, 2.45) is 5.92 Å². The van der Waals surface area contributed by atoms with Gasteiger partial charge in [-0.05, 0) is 38.7 Å². The zero-order valence-electron chi connectivity index (χ0n) is 9.62. The zero-order valence-corrected chi connectivity index (χ0v) is 9.62. The van der Waals surface area contributed by atoms with Crippen molar-refractivity contribution < 1.29 is 5.11 Å². The van der Waals surface area contributed by atoms with E-state index in [-0.39, 0.29) is 0 Å². The van der Waals surface area contributed by atoms with E-state index in [1.54, 1.807) is 0 Å². The highest BCUT2D eigenvalue weighted by Crippen LogP contribution is 2.54. The van der Waals surface area contributed by atoms with E-state index in [9.17, 15) is 5.11 Å². The maximum Gasteiger partial charge on any atom is 0.0948 e. The summed E-state index contributed by atoms with van der Waals surface area (Å²) in [6.07, 6.45) is 3.10. The molecule has 3 heteroatoms. The van der Waals surface area contributed by atoms with E-state index in [1.165, 1.54) is 0 Å². The first-order valence-corrected chi connectivity index (χ1v) is 5.61. The highest BCUT2D eigenvalue weighted by Gasteiger charge is 2.54. The van der Waals surface area contributed by atoms with Crippen LogP contribution >= 0.6 is 0 Å². The lowest BCUT2D eigenvalue weighted by atomic mass is 10.0. The van der Waals surface area contributed by atoms with Gasteiger partial charge in [-0.15, -0.1) is 0 Å². The quantitative estimate of drug-likeness (QED) is 0.823. The largest absolute Gasteiger partial charge is 0.385 e. The van der Waals surface area contributed by atoms with Crippen molar-refractivity contribution in [1.29, 1.82) is 0 Å². The molecule has 1 aliphatic carbocycles. The van der Waals surface area contributed by atoms with Crippen molar-refractivity contribution in [3.8, 4) is 0 Å². The first-order valence-electron chi connectivity index (χ1n) is 5.61. The Labute approximate surface area is 90.5 Å². The normalized spacial score (nSPS) is 29.2. The van der Waals surface area contributed by atoms with Crippen molar-refractivity contribution in [1.82, 2.24) is 10.2 Å². The number of nitrogens with zero attached hydrogens (tertiary/aromatic N) is 2. The third-order valence-electron chi connectivity index (χ3n) is 3.28. The molecule has 2 atom stereocenters. The summed E-state index contributed by atoms with van der Waals surface area (Å²) in [5.74, 6) is 0.421. The molecule has 0 spiro atoms. The van der Waals surface area contributed by atoms with Gasteiger partial charge in [-0.25, -0.2) is 0 Å². The van der Waals surface area contributed by atoms with E-state index in [1.807, 2.05) is 19.9 Å². The Kier molecular flexibility index (Phi) is 2.51. The minimum absolute atomic E-state index is 0.421. The minimum Gasteiger partial charge on any atom is -0.385 e. The lowest BCUT2D eigenvalue weighted by Crippen LogP contribution is -2.13. The molecule has 0 aromatic carbocycles. The second-order valence-electron chi connectivity index (χ2n) is 4.60. The number of aryl methyl sites for hydroxylation is 2. The lowest BCUT2D eigenvalue weighted by molar-refractivity contribution is 0.127. The number of aromatic nitrogens is 2. The second-order valence-corrected chi connectivity index (χ2v) is 4.60. The van der Waals surface area contributed by atoms with Crippen LogP contribution in [0.5, 0.6) is 0 Å². The second kappa shape index (κ2) is 3.56. The summed E-state index contributed by atoms with van der Waals surface area (Å²) < 4.78 is 0. The predicted octanol–water partition coefficient (Wildman–Crippen LogP) is 2.10. The summed E-state index contributed by atoms with van der Waals surface area (Å²) in [6.45, 7) is 5.99. The van der Waals surface area contributed by atoms with E-state index in [0.29, 0.717) is 5.92 Å². The SMILES string of the molecule is CCCC1CC1(O)c1cc(C)nnc1C. The fraction of sp³-hybridized carbons (Fsp3) is 0.667. The van der Waals surface area contributed by atoms with Gasteiger partial charge >= 0.3 is 0 Å². The number of hydrogen-bond acceptors (Lipinski definition) is 3. The topological polar surface area (TPSA) is 46.0 Å². The maximum atomic E-state index is 10.4. The summed E-state index contributed by atoms with van der Waals surface area (Å²) in [4.78, 5) is 0. The molecule has 15 heavy (non-hydrogen) atoms. The van der Waals surface area contributed by atoms with Gasteiger partial charge in [0.25, 0.3) is 0 Å². The van der Waals surface area contributed by atoms with Crippen LogP contribution in [0.3, 0.4) is 0 Å². The molecule has 0 saturated heterocycles. The summed E-state index contributed by atoms with van der Waals surface area (Å²) in [6, 6.07) is 1.97. The van der Waals surface area contributed by atoms with Crippen molar-refractivity contribution in [3.63, 3.8) is 0 Å². The van der Waals surface area contributed by atoms with Gasteiger partial charge < -0.3 is 5.11 Å². The molecule has 1 aromatic heterocycles. The highest BCUT2D eigenvalue weighted by molar-refractivity contribution is 5.33. The third-order valence-corrected chi connectivity index (χ3v) is 3.28. The molecule has 0 bridgehead atoms. The molecular weight excluding hydrogens is 188 g/mol. The van der Waals surface area contributed by atoms with Crippen molar-refractivity contribution >= 4 is 0 Å². The Hall–Kier alpha value is -0.960. The molecule has 0 aliphatic heterocycles. The summed E-state index contributed by atoms with van der Waals surface area (Å²) in [7, 11) is 0. The number of hydrogen-bond donors (Lipinski definition) is 1. The number of aliphatic hydroxyl groups is 1. The van der Waals surface area contributed by atoms with Gasteiger partial charge in [0.15, 0.2) is 0 Å². The average Bonchev–Trinajstić information content (AvgIpc) is 2.83. The van der Waals surface area contributed by atoms with Crippen LogP contribution in [-0.4, -0.2) is 15.3 Å². The molecule has 3 nitrogen and oxygen atoms in total. The molecule has 1 fully saturated rings. The summed E-state index contributed by atoms with van der Waals surface area (Å²) >= 11 is 0. The van der Waals surface area contributed by atoms with Crippen LogP contribution in [-0.2, 0) is 5.60 Å². The molecule has 1 aliphatic rings. The van der Waals surface area contributed by atoms with Gasteiger partial charge in [0, 0.05) is 5.56 Å². The molecule has 1 heterocycles.